The average molecular weight is 314 g/mol. The van der Waals surface area contributed by atoms with Gasteiger partial charge in [-0.2, -0.15) is 0 Å². The molecule has 5 heteroatoms. The molecule has 0 aliphatic heterocycles. The summed E-state index contributed by atoms with van der Waals surface area (Å²) >= 11 is 0. The molecule has 0 saturated carbocycles. The fraction of sp³-hybridized carbons (Fsp3) is 0.750. The van der Waals surface area contributed by atoms with Crippen LogP contribution < -0.4 is 0 Å². The fourth-order valence-corrected chi connectivity index (χ4v) is 0.951. The van der Waals surface area contributed by atoms with E-state index < -0.39 is 17.9 Å². The molecular formula is C8H16BaO4. The molecule has 4 nitrogen and oxygen atoms in total. The van der Waals surface area contributed by atoms with Crippen LogP contribution >= 0.6 is 0 Å². The molecule has 0 fully saturated rings. The zero-order chi connectivity index (χ0) is 9.56. The molecule has 0 radical (unpaired) electrons. The quantitative estimate of drug-likeness (QED) is 0.439. The van der Waals surface area contributed by atoms with Crippen molar-refractivity contribution in [3.8, 4) is 0 Å². The minimum Gasteiger partial charge on any atom is -1.00 e. The monoisotopic (exact) mass is 314 g/mol. The van der Waals surface area contributed by atoms with Gasteiger partial charge in [0.1, 0.15) is 0 Å². The van der Waals surface area contributed by atoms with Crippen molar-refractivity contribution in [2.45, 2.75) is 32.6 Å². The van der Waals surface area contributed by atoms with E-state index in [0.29, 0.717) is 6.42 Å². The van der Waals surface area contributed by atoms with Crippen LogP contribution in [0.5, 0.6) is 0 Å². The van der Waals surface area contributed by atoms with Crippen molar-refractivity contribution in [1.82, 2.24) is 0 Å². The summed E-state index contributed by atoms with van der Waals surface area (Å²) in [4.78, 5) is 20.7. The molecule has 0 spiro atoms. The third kappa shape index (κ3) is 7.57. The predicted octanol–water partition coefficient (Wildman–Crippen LogP) is 1.20. The molecule has 0 aromatic rings. The van der Waals surface area contributed by atoms with E-state index in [-0.39, 0.29) is 58.2 Å². The topological polar surface area (TPSA) is 74.6 Å². The second-order valence-electron chi connectivity index (χ2n) is 2.72. The third-order valence-corrected chi connectivity index (χ3v) is 1.69. The zero-order valence-corrected chi connectivity index (χ0v) is 12.3. The van der Waals surface area contributed by atoms with E-state index in [9.17, 15) is 9.59 Å². The van der Waals surface area contributed by atoms with Gasteiger partial charge in [-0.15, -0.1) is 0 Å². The Morgan fingerprint density at radius 3 is 2.00 bits per heavy atom. The Bertz CT molecular complexity index is 164. The van der Waals surface area contributed by atoms with Crippen LogP contribution in [0.25, 0.3) is 0 Å². The van der Waals surface area contributed by atoms with Gasteiger partial charge in [-0.05, 0) is 6.42 Å². The van der Waals surface area contributed by atoms with Crippen LogP contribution in [0.15, 0.2) is 0 Å². The van der Waals surface area contributed by atoms with E-state index in [4.69, 9.17) is 10.2 Å². The molecule has 2 N–H and O–H groups in total. The Balaban J connectivity index is -0.000000202. The van der Waals surface area contributed by atoms with Crippen molar-refractivity contribution < 1.29 is 22.7 Å². The number of rotatable bonds is 6. The summed E-state index contributed by atoms with van der Waals surface area (Å²) in [6, 6.07) is 0. The maximum Gasteiger partial charge on any atom is 2.00 e. The fourth-order valence-electron chi connectivity index (χ4n) is 0.951. The van der Waals surface area contributed by atoms with Gasteiger partial charge in [-0.3, -0.25) is 9.59 Å². The van der Waals surface area contributed by atoms with Crippen LogP contribution in [0.2, 0.25) is 0 Å². The molecule has 0 amide bonds. The first kappa shape index (κ1) is 16.0. The van der Waals surface area contributed by atoms with Gasteiger partial charge in [0.25, 0.3) is 0 Å². The molecule has 74 valence electrons. The van der Waals surface area contributed by atoms with Crippen molar-refractivity contribution in [2.24, 2.45) is 5.92 Å². The first-order chi connectivity index (χ1) is 5.59. The molecule has 13 heavy (non-hydrogen) atoms. The Hall–Kier alpha value is 0.511. The number of hydrogen-bond acceptors (Lipinski definition) is 2. The van der Waals surface area contributed by atoms with Crippen LogP contribution in [-0.4, -0.2) is 71.0 Å². The third-order valence-electron chi connectivity index (χ3n) is 1.69. The van der Waals surface area contributed by atoms with Gasteiger partial charge < -0.3 is 13.1 Å². The van der Waals surface area contributed by atoms with E-state index in [1.165, 1.54) is 0 Å². The minimum atomic E-state index is -1.24. The Kier molecular flexibility index (Phi) is 11.2. The van der Waals surface area contributed by atoms with E-state index >= 15 is 0 Å². The number of unbranched alkanes of at least 4 members (excludes halogenated alkanes) is 2. The SMILES string of the molecule is CCCCCC(C(=O)O)C(=O)O.[Ba+2].[H-].[H-]. The van der Waals surface area contributed by atoms with Gasteiger partial charge in [0, 0.05) is 0 Å². The van der Waals surface area contributed by atoms with Crippen LogP contribution in [0.1, 0.15) is 35.5 Å². The average Bonchev–Trinajstić information content (AvgIpc) is 1.96. The molecule has 0 aromatic heterocycles. The van der Waals surface area contributed by atoms with Crippen molar-refractivity contribution in [1.29, 1.82) is 0 Å². The van der Waals surface area contributed by atoms with E-state index in [1.807, 2.05) is 6.92 Å². The van der Waals surface area contributed by atoms with Crippen molar-refractivity contribution in [3.63, 3.8) is 0 Å². The van der Waals surface area contributed by atoms with Crippen LogP contribution in [-0.2, 0) is 9.59 Å². The van der Waals surface area contributed by atoms with Gasteiger partial charge in [0.05, 0.1) is 0 Å². The molecule has 0 heterocycles. The molecule has 0 atom stereocenters. The summed E-state index contributed by atoms with van der Waals surface area (Å²) in [6.45, 7) is 1.98. The molecule has 0 rings (SSSR count). The number of aliphatic carboxylic acids is 2. The Labute approximate surface area is 121 Å². The van der Waals surface area contributed by atoms with Crippen LogP contribution in [0.4, 0.5) is 0 Å². The molecule has 0 unspecified atom stereocenters. The van der Waals surface area contributed by atoms with E-state index in [0.717, 1.165) is 12.8 Å². The van der Waals surface area contributed by atoms with Gasteiger partial charge >= 0.3 is 60.8 Å². The Morgan fingerprint density at radius 1 is 1.23 bits per heavy atom. The molecule has 0 aromatic carbocycles. The normalized spacial score (nSPS) is 9.38. The largest absolute Gasteiger partial charge is 2.00 e. The van der Waals surface area contributed by atoms with Crippen molar-refractivity contribution >= 4 is 60.8 Å². The summed E-state index contributed by atoms with van der Waals surface area (Å²) in [5.74, 6) is -3.70. The summed E-state index contributed by atoms with van der Waals surface area (Å²) in [6.07, 6.45) is 2.75. The first-order valence-electron chi connectivity index (χ1n) is 4.05. The predicted molar refractivity (Wildman–Crippen MR) is 50.9 cm³/mol. The number of hydrogen-bond donors (Lipinski definition) is 2. The summed E-state index contributed by atoms with van der Waals surface area (Å²) in [5.41, 5.74) is 0. The van der Waals surface area contributed by atoms with Crippen molar-refractivity contribution in [3.05, 3.63) is 0 Å². The number of carboxylic acids is 2. The summed E-state index contributed by atoms with van der Waals surface area (Å²) < 4.78 is 0. The van der Waals surface area contributed by atoms with Gasteiger partial charge in [0.2, 0.25) is 0 Å². The smallest absolute Gasteiger partial charge is 1.00 e. The Morgan fingerprint density at radius 2 is 1.69 bits per heavy atom. The van der Waals surface area contributed by atoms with E-state index in [2.05, 4.69) is 0 Å². The molecule has 0 bridgehead atoms. The molecule has 0 saturated heterocycles. The number of carbonyl (C=O) groups is 2. The molecular weight excluding hydrogens is 297 g/mol. The second kappa shape index (κ2) is 9.08. The molecule has 0 aliphatic carbocycles. The maximum absolute atomic E-state index is 10.4. The number of carboxylic acid groups (broad SMARTS) is 2. The van der Waals surface area contributed by atoms with Gasteiger partial charge in [0.15, 0.2) is 5.92 Å². The maximum atomic E-state index is 10.4. The van der Waals surface area contributed by atoms with E-state index in [1.54, 1.807) is 0 Å². The van der Waals surface area contributed by atoms with Gasteiger partial charge in [-0.25, -0.2) is 0 Å². The van der Waals surface area contributed by atoms with Crippen LogP contribution in [0, 0.1) is 5.92 Å². The zero-order valence-electron chi connectivity index (χ0n) is 9.82. The standard InChI is InChI=1S/C8H14O4.Ba.2H/c1-2-3-4-5-6(7(9)10)8(11)12;;;/h6H,2-5H2,1H3,(H,9,10)(H,11,12);;;/q;+2;2*-1. The second-order valence-corrected chi connectivity index (χ2v) is 2.72. The summed E-state index contributed by atoms with van der Waals surface area (Å²) in [7, 11) is 0. The first-order valence-corrected chi connectivity index (χ1v) is 4.05. The minimum absolute atomic E-state index is 0. The summed E-state index contributed by atoms with van der Waals surface area (Å²) in [5, 5.41) is 16.9. The van der Waals surface area contributed by atoms with Crippen molar-refractivity contribution in [2.75, 3.05) is 0 Å². The molecule has 0 aliphatic rings. The van der Waals surface area contributed by atoms with Crippen LogP contribution in [0.3, 0.4) is 0 Å². The van der Waals surface area contributed by atoms with Gasteiger partial charge in [-0.1, -0.05) is 26.2 Å².